The molecule has 0 N–H and O–H groups in total. The van der Waals surface area contributed by atoms with Gasteiger partial charge in [-0.2, -0.15) is 0 Å². The van der Waals surface area contributed by atoms with Crippen LogP contribution in [-0.2, 0) is 28.5 Å². The first kappa shape index (κ1) is 29.5. The maximum Gasteiger partial charge on any atom is 0.305 e. The fourth-order valence-corrected chi connectivity index (χ4v) is 4.92. The average molecular weight is 485 g/mol. The van der Waals surface area contributed by atoms with Crippen molar-refractivity contribution in [2.24, 2.45) is 11.3 Å². The van der Waals surface area contributed by atoms with Gasteiger partial charge in [-0.1, -0.05) is 78.1 Å². The zero-order valence-electron chi connectivity index (χ0n) is 22.3. The molecule has 0 bridgehead atoms. The van der Waals surface area contributed by atoms with Gasteiger partial charge in [0, 0.05) is 18.4 Å². The summed E-state index contributed by atoms with van der Waals surface area (Å²) in [5.74, 6) is 0.457. The highest BCUT2D eigenvalue weighted by Crippen LogP contribution is 2.31. The molecule has 0 amide bonds. The lowest BCUT2D eigenvalue weighted by Gasteiger charge is -2.40. The molecule has 1 heterocycles. The Kier molecular flexibility index (Phi) is 15.4. The van der Waals surface area contributed by atoms with Crippen molar-refractivity contribution in [1.82, 2.24) is 0 Å². The minimum Gasteiger partial charge on any atom is -0.460 e. The standard InChI is InChI=1S/C28H52O6/c1-4-27(29)34-25(17-24-15-13-11-9-7-8-10-12-14-16-24)20-33-26(18-30-6-3)19-31-21-28(5-2)22-32-23-28/h24-26H,4-23H2,1-3H3. The Balaban J connectivity index is 1.88. The third-order valence-corrected chi connectivity index (χ3v) is 7.46. The van der Waals surface area contributed by atoms with Gasteiger partial charge in [0.1, 0.15) is 12.2 Å². The van der Waals surface area contributed by atoms with Gasteiger partial charge in [-0.3, -0.25) is 4.79 Å². The lowest BCUT2D eigenvalue weighted by molar-refractivity contribution is -0.167. The number of ether oxygens (including phenoxy) is 5. The second kappa shape index (κ2) is 17.7. The molecule has 0 aromatic rings. The Morgan fingerprint density at radius 1 is 0.853 bits per heavy atom. The van der Waals surface area contributed by atoms with E-state index in [0.29, 0.717) is 45.4 Å². The number of carbonyl (C=O) groups excluding carboxylic acids is 1. The van der Waals surface area contributed by atoms with Crippen LogP contribution in [0.4, 0.5) is 0 Å². The first-order valence-corrected chi connectivity index (χ1v) is 14.1. The van der Waals surface area contributed by atoms with E-state index in [9.17, 15) is 4.79 Å². The molecule has 34 heavy (non-hydrogen) atoms. The van der Waals surface area contributed by atoms with Gasteiger partial charge >= 0.3 is 5.97 Å². The molecule has 2 atom stereocenters. The van der Waals surface area contributed by atoms with E-state index in [1.54, 1.807) is 0 Å². The molecule has 0 spiro atoms. The summed E-state index contributed by atoms with van der Waals surface area (Å²) < 4.78 is 29.2. The number of rotatable bonds is 15. The summed E-state index contributed by atoms with van der Waals surface area (Å²) in [4.78, 5) is 12.2. The topological polar surface area (TPSA) is 63.2 Å². The van der Waals surface area contributed by atoms with Crippen LogP contribution in [0.3, 0.4) is 0 Å². The van der Waals surface area contributed by atoms with Crippen LogP contribution in [0.25, 0.3) is 0 Å². The largest absolute Gasteiger partial charge is 0.460 e. The van der Waals surface area contributed by atoms with Gasteiger partial charge in [-0.25, -0.2) is 0 Å². The van der Waals surface area contributed by atoms with E-state index in [0.717, 1.165) is 26.1 Å². The van der Waals surface area contributed by atoms with Crippen molar-refractivity contribution in [2.75, 3.05) is 46.2 Å². The Hall–Kier alpha value is -0.690. The first-order chi connectivity index (χ1) is 16.6. The zero-order chi connectivity index (χ0) is 24.5. The van der Waals surface area contributed by atoms with Crippen LogP contribution in [0.1, 0.15) is 104 Å². The van der Waals surface area contributed by atoms with Crippen molar-refractivity contribution in [3.63, 3.8) is 0 Å². The fraction of sp³-hybridized carbons (Fsp3) is 0.964. The van der Waals surface area contributed by atoms with Gasteiger partial charge in [0.15, 0.2) is 0 Å². The van der Waals surface area contributed by atoms with E-state index in [1.807, 2.05) is 13.8 Å². The summed E-state index contributed by atoms with van der Waals surface area (Å²) in [5, 5.41) is 0. The lowest BCUT2D eigenvalue weighted by Crippen LogP contribution is -2.46. The highest BCUT2D eigenvalue weighted by Gasteiger charge is 2.37. The molecule has 1 saturated carbocycles. The van der Waals surface area contributed by atoms with Crippen molar-refractivity contribution in [3.8, 4) is 0 Å². The minimum atomic E-state index is -0.200. The summed E-state index contributed by atoms with van der Waals surface area (Å²) in [6, 6.07) is 0. The summed E-state index contributed by atoms with van der Waals surface area (Å²) >= 11 is 0. The van der Waals surface area contributed by atoms with Crippen molar-refractivity contribution in [1.29, 1.82) is 0 Å². The molecule has 6 heteroatoms. The third-order valence-electron chi connectivity index (χ3n) is 7.46. The molecule has 0 aromatic heterocycles. The van der Waals surface area contributed by atoms with Crippen LogP contribution >= 0.6 is 0 Å². The molecule has 1 aliphatic heterocycles. The molecule has 1 saturated heterocycles. The molecule has 0 radical (unpaired) electrons. The van der Waals surface area contributed by atoms with Gasteiger partial charge in [0.2, 0.25) is 0 Å². The third kappa shape index (κ3) is 11.8. The van der Waals surface area contributed by atoms with Crippen LogP contribution in [-0.4, -0.2) is 64.4 Å². The number of hydrogen-bond donors (Lipinski definition) is 0. The maximum absolute atomic E-state index is 12.2. The summed E-state index contributed by atoms with van der Waals surface area (Å²) in [7, 11) is 0. The molecule has 6 nitrogen and oxygen atoms in total. The van der Waals surface area contributed by atoms with Gasteiger partial charge in [-0.05, 0) is 25.7 Å². The van der Waals surface area contributed by atoms with Crippen LogP contribution < -0.4 is 0 Å². The highest BCUT2D eigenvalue weighted by molar-refractivity contribution is 5.69. The summed E-state index contributed by atoms with van der Waals surface area (Å²) in [6.07, 6.45) is 15.1. The van der Waals surface area contributed by atoms with E-state index in [1.165, 1.54) is 64.2 Å². The maximum atomic E-state index is 12.2. The number of hydrogen-bond acceptors (Lipinski definition) is 6. The number of esters is 1. The van der Waals surface area contributed by atoms with E-state index < -0.39 is 0 Å². The van der Waals surface area contributed by atoms with Crippen LogP contribution in [0.5, 0.6) is 0 Å². The van der Waals surface area contributed by atoms with Crippen LogP contribution in [0, 0.1) is 11.3 Å². The molecule has 200 valence electrons. The Morgan fingerprint density at radius 3 is 2.00 bits per heavy atom. The van der Waals surface area contributed by atoms with Crippen molar-refractivity contribution < 1.29 is 28.5 Å². The van der Waals surface area contributed by atoms with E-state index >= 15 is 0 Å². The summed E-state index contributed by atoms with van der Waals surface area (Å²) in [6.45, 7) is 10.3. The van der Waals surface area contributed by atoms with Gasteiger partial charge in [-0.15, -0.1) is 0 Å². The van der Waals surface area contributed by atoms with Crippen molar-refractivity contribution in [2.45, 2.75) is 116 Å². The molecule has 2 unspecified atom stereocenters. The molecule has 1 aliphatic carbocycles. The van der Waals surface area contributed by atoms with E-state index in [2.05, 4.69) is 6.92 Å². The summed E-state index contributed by atoms with van der Waals surface area (Å²) in [5.41, 5.74) is 0.157. The molecule has 2 rings (SSSR count). The molecule has 2 fully saturated rings. The first-order valence-electron chi connectivity index (χ1n) is 14.1. The quantitative estimate of drug-likeness (QED) is 0.262. The molecule has 2 aliphatic rings. The van der Waals surface area contributed by atoms with Gasteiger partial charge < -0.3 is 23.7 Å². The van der Waals surface area contributed by atoms with Gasteiger partial charge in [0.05, 0.1) is 39.6 Å². The zero-order valence-corrected chi connectivity index (χ0v) is 22.3. The van der Waals surface area contributed by atoms with Gasteiger partial charge in [0.25, 0.3) is 0 Å². The Morgan fingerprint density at radius 2 is 1.47 bits per heavy atom. The second-order valence-electron chi connectivity index (χ2n) is 10.4. The Bertz CT molecular complexity index is 504. The normalized spacial score (nSPS) is 21.7. The van der Waals surface area contributed by atoms with E-state index in [4.69, 9.17) is 23.7 Å². The molecular weight excluding hydrogens is 432 g/mol. The second-order valence-corrected chi connectivity index (χ2v) is 10.4. The average Bonchev–Trinajstić information content (AvgIpc) is 2.88. The lowest BCUT2D eigenvalue weighted by atomic mass is 9.84. The smallest absolute Gasteiger partial charge is 0.305 e. The number of carbonyl (C=O) groups is 1. The Labute approximate surface area is 208 Å². The monoisotopic (exact) mass is 484 g/mol. The predicted molar refractivity (Wildman–Crippen MR) is 135 cm³/mol. The molecule has 0 aromatic carbocycles. The predicted octanol–water partition coefficient (Wildman–Crippen LogP) is 6.09. The minimum absolute atomic E-state index is 0.141. The highest BCUT2D eigenvalue weighted by atomic mass is 16.6. The van der Waals surface area contributed by atoms with Crippen LogP contribution in [0.2, 0.25) is 0 Å². The SMILES string of the molecule is CCOCC(COCC1(CC)COC1)OCC(CC1CCCCCCCCCC1)OC(=O)CC. The fourth-order valence-electron chi connectivity index (χ4n) is 4.92. The van der Waals surface area contributed by atoms with E-state index in [-0.39, 0.29) is 23.6 Å². The van der Waals surface area contributed by atoms with Crippen LogP contribution in [0.15, 0.2) is 0 Å². The molecular formula is C28H52O6. The van der Waals surface area contributed by atoms with Crippen molar-refractivity contribution in [3.05, 3.63) is 0 Å². The van der Waals surface area contributed by atoms with Crippen molar-refractivity contribution >= 4 is 5.97 Å².